The van der Waals surface area contributed by atoms with Crippen LogP contribution < -0.4 is 10.7 Å². The van der Waals surface area contributed by atoms with Gasteiger partial charge in [0, 0.05) is 46.1 Å². The number of nitriles is 1. The molecule has 0 unspecified atom stereocenters. The van der Waals surface area contributed by atoms with E-state index in [0.717, 1.165) is 54.2 Å². The second kappa shape index (κ2) is 8.87. The highest BCUT2D eigenvalue weighted by atomic mass is 19.1. The van der Waals surface area contributed by atoms with Gasteiger partial charge in [0.2, 0.25) is 18.1 Å². The van der Waals surface area contributed by atoms with Gasteiger partial charge in [-0.25, -0.2) is 9.97 Å². The summed E-state index contributed by atoms with van der Waals surface area (Å²) >= 11 is 0. The predicted molar refractivity (Wildman–Crippen MR) is 149 cm³/mol. The molecule has 0 atom stereocenters. The maximum atomic E-state index is 13.8. The van der Waals surface area contributed by atoms with Crippen LogP contribution in [-0.4, -0.2) is 9.97 Å². The fourth-order valence-corrected chi connectivity index (χ4v) is 5.53. The first-order valence-electron chi connectivity index (χ1n) is 12.2. The molecule has 0 aliphatic carbocycles. The number of hydrogen-bond acceptors (Lipinski definition) is 5. The topological polar surface area (TPSA) is 78.6 Å². The average Bonchev–Trinajstić information content (AvgIpc) is 3.43. The lowest BCUT2D eigenvalue weighted by Gasteiger charge is -2.02. The van der Waals surface area contributed by atoms with Gasteiger partial charge >= 0.3 is 0 Å². The Hall–Kier alpha value is -5.86. The number of nitrogens with zero attached hydrogens (tertiary/aromatic N) is 6. The molecule has 0 fully saturated rings. The van der Waals surface area contributed by atoms with E-state index in [2.05, 4.69) is 25.0 Å². The molecule has 5 aromatic carbocycles. The van der Waals surface area contributed by atoms with Crippen LogP contribution in [0, 0.1) is 29.9 Å². The average molecular weight is 521 g/mol. The molecule has 2 aromatic heterocycles. The van der Waals surface area contributed by atoms with E-state index in [4.69, 9.17) is 6.57 Å². The lowest BCUT2D eigenvalue weighted by molar-refractivity contribution is 0.584. The standard InChI is InChI=1S/C32H14F2N6/c1-36-40-32-26-11-18(20-7-9-38-30(34)13-20)3-5-22(26)24-14-27-23(15-28(24)32)21-4-2-17(10-25(21)31(27)39-16-35)19-6-8-37-29(33)12-19/h2-15H. The monoisotopic (exact) mass is 520 g/mol. The third-order valence-corrected chi connectivity index (χ3v) is 7.23. The van der Waals surface area contributed by atoms with Crippen LogP contribution in [0.2, 0.25) is 0 Å². The van der Waals surface area contributed by atoms with Crippen molar-refractivity contribution in [3.63, 3.8) is 0 Å². The zero-order chi connectivity index (χ0) is 27.4. The van der Waals surface area contributed by atoms with Crippen molar-refractivity contribution in [2.45, 2.75) is 0 Å². The van der Waals surface area contributed by atoms with Crippen molar-refractivity contribution >= 4 is 43.1 Å². The summed E-state index contributed by atoms with van der Waals surface area (Å²) < 4.78 is 27.6. The Bertz CT molecular complexity index is 2220. The molecule has 0 aliphatic heterocycles. The first-order chi connectivity index (χ1) is 19.6. The zero-order valence-corrected chi connectivity index (χ0v) is 20.5. The quantitative estimate of drug-likeness (QED) is 0.110. The Kier molecular flexibility index (Phi) is 5.16. The number of pyridine rings is 2. The van der Waals surface area contributed by atoms with Crippen molar-refractivity contribution in [2.75, 3.05) is 0 Å². The van der Waals surface area contributed by atoms with Crippen LogP contribution in [0.15, 0.2) is 95.3 Å². The molecule has 8 heteroatoms. The van der Waals surface area contributed by atoms with Gasteiger partial charge in [-0.3, -0.25) is 0 Å². The number of benzene rings is 3. The molecular formula is C32H14F2N6. The van der Waals surface area contributed by atoms with E-state index in [-0.39, 0.29) is 0 Å². The van der Waals surface area contributed by atoms with Gasteiger partial charge in [-0.15, -0.1) is 4.95 Å². The third kappa shape index (κ3) is 3.52. The number of aromatic nitrogens is 2. The largest absolute Gasteiger partial charge is 0.228 e. The number of rotatable bonds is 2. The van der Waals surface area contributed by atoms with E-state index in [1.807, 2.05) is 54.7 Å². The molecule has 7 aromatic rings. The maximum absolute atomic E-state index is 13.8. The second-order valence-corrected chi connectivity index (χ2v) is 9.31. The van der Waals surface area contributed by atoms with Crippen molar-refractivity contribution in [2.24, 2.45) is 10.1 Å². The summed E-state index contributed by atoms with van der Waals surface area (Å²) in [5.74, 6) is -1.15. The number of hydrogen-bond donors (Lipinski definition) is 0. The Morgan fingerprint density at radius 3 is 1.57 bits per heavy atom. The third-order valence-electron chi connectivity index (χ3n) is 7.23. The molecule has 0 saturated heterocycles. The molecule has 0 aliphatic rings. The molecule has 40 heavy (non-hydrogen) atoms. The number of halogens is 2. The highest BCUT2D eigenvalue weighted by Gasteiger charge is 2.17. The zero-order valence-electron chi connectivity index (χ0n) is 20.5. The smallest absolute Gasteiger partial charge is 0.213 e. The Labute approximate surface area is 225 Å². The van der Waals surface area contributed by atoms with E-state index in [1.165, 1.54) is 24.5 Å². The maximum Gasteiger partial charge on any atom is 0.213 e. The molecule has 0 spiro atoms. The van der Waals surface area contributed by atoms with Crippen molar-refractivity contribution in [1.82, 2.24) is 9.97 Å². The molecule has 0 saturated carbocycles. The van der Waals surface area contributed by atoms with Crippen molar-refractivity contribution in [3.8, 4) is 28.4 Å². The van der Waals surface area contributed by atoms with Crippen molar-refractivity contribution < 1.29 is 8.78 Å². The highest BCUT2D eigenvalue weighted by molar-refractivity contribution is 6.21. The van der Waals surface area contributed by atoms with E-state index in [0.29, 0.717) is 21.8 Å². The fraction of sp³-hybridized carbons (Fsp3) is 0. The SMILES string of the molecule is [C-]#[N+]N=c1c2cc(-c3ccnc(F)c3)ccc2c2cc3c(=NC#N)c4cc(-c5ccnc(F)c5)ccc4c3cc12. The molecule has 6 nitrogen and oxygen atoms in total. The van der Waals surface area contributed by atoms with Crippen LogP contribution in [-0.2, 0) is 0 Å². The van der Waals surface area contributed by atoms with Gasteiger partial charge in [-0.1, -0.05) is 24.3 Å². The van der Waals surface area contributed by atoms with E-state index < -0.39 is 11.9 Å². The molecule has 0 radical (unpaired) electrons. The minimum absolute atomic E-state index is 0.521. The Morgan fingerprint density at radius 2 is 1.07 bits per heavy atom. The van der Waals surface area contributed by atoms with Crippen molar-refractivity contribution in [3.05, 3.63) is 119 Å². The molecule has 0 amide bonds. The van der Waals surface area contributed by atoms with Gasteiger partial charge in [0.15, 0.2) is 5.36 Å². The molecule has 0 N–H and O–H groups in total. The first-order valence-corrected chi connectivity index (χ1v) is 12.2. The van der Waals surface area contributed by atoms with Gasteiger partial charge in [0.25, 0.3) is 0 Å². The minimum Gasteiger partial charge on any atom is -0.228 e. The molecular weight excluding hydrogens is 506 g/mol. The summed E-state index contributed by atoms with van der Waals surface area (Å²) in [6.45, 7) is 7.47. The summed E-state index contributed by atoms with van der Waals surface area (Å²) in [5.41, 5.74) is 2.87. The number of fused-ring (bicyclic) bond motifs is 6. The van der Waals surface area contributed by atoms with Gasteiger partial charge in [-0.2, -0.15) is 25.6 Å². The normalized spacial score (nSPS) is 12.5. The first kappa shape index (κ1) is 23.3. The molecule has 0 bridgehead atoms. The van der Waals surface area contributed by atoms with E-state index in [9.17, 15) is 14.0 Å². The summed E-state index contributed by atoms with van der Waals surface area (Å²) in [5, 5.41) is 21.3. The van der Waals surface area contributed by atoms with Crippen molar-refractivity contribution in [1.29, 1.82) is 5.26 Å². The van der Waals surface area contributed by atoms with Crippen LogP contribution in [0.3, 0.4) is 0 Å². The van der Waals surface area contributed by atoms with Crippen LogP contribution in [0.1, 0.15) is 0 Å². The molecule has 186 valence electrons. The van der Waals surface area contributed by atoms with Crippen LogP contribution in [0.25, 0.3) is 70.3 Å². The van der Waals surface area contributed by atoms with Gasteiger partial charge in [-0.05, 0) is 80.2 Å². The van der Waals surface area contributed by atoms with Gasteiger partial charge < -0.3 is 0 Å². The predicted octanol–water partition coefficient (Wildman–Crippen LogP) is 6.69. The molecule has 2 heterocycles. The van der Waals surface area contributed by atoms with Crippen LogP contribution >= 0.6 is 0 Å². The molecule has 7 rings (SSSR count). The van der Waals surface area contributed by atoms with Crippen LogP contribution in [0.5, 0.6) is 0 Å². The highest BCUT2D eigenvalue weighted by Crippen LogP contribution is 2.35. The summed E-state index contributed by atoms with van der Waals surface area (Å²) in [6, 6.07) is 21.6. The lowest BCUT2D eigenvalue weighted by Crippen LogP contribution is -1.99. The summed E-state index contributed by atoms with van der Waals surface area (Å²) in [6.07, 6.45) is 4.75. The Balaban J connectivity index is 1.56. The Morgan fingerprint density at radius 1 is 0.600 bits per heavy atom. The van der Waals surface area contributed by atoms with E-state index >= 15 is 0 Å². The van der Waals surface area contributed by atoms with E-state index in [1.54, 1.807) is 12.1 Å². The van der Waals surface area contributed by atoms with Gasteiger partial charge in [0.1, 0.15) is 0 Å². The summed E-state index contributed by atoms with van der Waals surface area (Å²) in [4.78, 5) is 14.8. The minimum atomic E-state index is -0.578. The summed E-state index contributed by atoms with van der Waals surface area (Å²) in [7, 11) is 0. The van der Waals surface area contributed by atoms with Crippen LogP contribution in [0.4, 0.5) is 8.78 Å². The lowest BCUT2D eigenvalue weighted by atomic mass is 10.0. The van der Waals surface area contributed by atoms with Gasteiger partial charge in [0.05, 0.1) is 10.5 Å². The fourth-order valence-electron chi connectivity index (χ4n) is 5.53. The second-order valence-electron chi connectivity index (χ2n) is 9.31.